The van der Waals surface area contributed by atoms with E-state index in [-0.39, 0.29) is 34.9 Å². The molecule has 3 rings (SSSR count). The second-order valence-corrected chi connectivity index (χ2v) is 8.79. The van der Waals surface area contributed by atoms with Crippen molar-refractivity contribution < 1.29 is 35.2 Å². The minimum atomic E-state index is -4.52. The van der Waals surface area contributed by atoms with Crippen LogP contribution in [-0.2, 0) is 22.7 Å². The number of alkyl halides is 3. The maximum Gasteiger partial charge on any atom is 0.416 e. The molecule has 2 aromatic carbocycles. The Morgan fingerprint density at radius 3 is 2.52 bits per heavy atom. The first-order valence-electron chi connectivity index (χ1n) is 9.35. The van der Waals surface area contributed by atoms with Gasteiger partial charge in [-0.2, -0.15) is 13.2 Å². The van der Waals surface area contributed by atoms with Gasteiger partial charge in [0.05, 0.1) is 17.5 Å². The van der Waals surface area contributed by atoms with Gasteiger partial charge in [-0.05, 0) is 42.0 Å². The smallest absolute Gasteiger partial charge is 0.416 e. The Labute approximate surface area is 187 Å². The summed E-state index contributed by atoms with van der Waals surface area (Å²) in [6, 6.07) is 9.65. The molecule has 33 heavy (non-hydrogen) atoms. The zero-order valence-corrected chi connectivity index (χ0v) is 18.0. The summed E-state index contributed by atoms with van der Waals surface area (Å²) in [4.78, 5) is 12.4. The normalized spacial score (nSPS) is 11.8. The van der Waals surface area contributed by atoms with Crippen LogP contribution in [0.5, 0.6) is 0 Å². The van der Waals surface area contributed by atoms with Gasteiger partial charge in [0.25, 0.3) is 5.91 Å². The van der Waals surface area contributed by atoms with E-state index < -0.39 is 33.5 Å². The second kappa shape index (κ2) is 9.10. The molecular weight excluding hydrogens is 464 g/mol. The van der Waals surface area contributed by atoms with Crippen molar-refractivity contribution >= 4 is 27.7 Å². The SMILES string of the molecule is C=Cc1cc(CNC(=O)c2ccc(-c3cccc(C(F)(F)F)c3)o2)cc(F)c1NS(C)(=O)=O. The molecule has 0 bridgehead atoms. The topological polar surface area (TPSA) is 88.4 Å². The zero-order chi connectivity index (χ0) is 24.4. The summed E-state index contributed by atoms with van der Waals surface area (Å²) in [5.74, 6) is -1.61. The van der Waals surface area contributed by atoms with Crippen LogP contribution >= 0.6 is 0 Å². The van der Waals surface area contributed by atoms with Crippen molar-refractivity contribution in [1.82, 2.24) is 5.32 Å². The zero-order valence-electron chi connectivity index (χ0n) is 17.2. The number of amides is 1. The van der Waals surface area contributed by atoms with Gasteiger partial charge in [0.15, 0.2) is 5.76 Å². The van der Waals surface area contributed by atoms with Gasteiger partial charge in [-0.1, -0.05) is 24.8 Å². The maximum absolute atomic E-state index is 14.4. The molecule has 0 fully saturated rings. The molecule has 0 unspecified atom stereocenters. The Kier molecular flexibility index (Phi) is 6.63. The summed E-state index contributed by atoms with van der Waals surface area (Å²) in [6.07, 6.45) is -2.38. The minimum absolute atomic E-state index is 0.0717. The van der Waals surface area contributed by atoms with Crippen molar-refractivity contribution in [3.63, 3.8) is 0 Å². The largest absolute Gasteiger partial charge is 0.451 e. The van der Waals surface area contributed by atoms with Crippen LogP contribution in [-0.4, -0.2) is 20.6 Å². The molecule has 0 radical (unpaired) electrons. The highest BCUT2D eigenvalue weighted by atomic mass is 32.2. The van der Waals surface area contributed by atoms with Crippen LogP contribution in [0.3, 0.4) is 0 Å². The Balaban J connectivity index is 1.74. The fraction of sp³-hybridized carbons (Fsp3) is 0.136. The maximum atomic E-state index is 14.4. The molecule has 1 amide bonds. The molecule has 0 spiro atoms. The van der Waals surface area contributed by atoms with E-state index in [9.17, 15) is 30.8 Å². The van der Waals surface area contributed by atoms with Gasteiger partial charge in [-0.3, -0.25) is 9.52 Å². The summed E-state index contributed by atoms with van der Waals surface area (Å²) < 4.78 is 83.4. The Hall–Kier alpha value is -3.60. The van der Waals surface area contributed by atoms with Crippen molar-refractivity contribution in [2.45, 2.75) is 12.7 Å². The average Bonchev–Trinajstić information content (AvgIpc) is 3.22. The number of nitrogens with one attached hydrogen (secondary N) is 2. The minimum Gasteiger partial charge on any atom is -0.451 e. The first-order valence-corrected chi connectivity index (χ1v) is 11.2. The highest BCUT2D eigenvalue weighted by molar-refractivity contribution is 7.92. The van der Waals surface area contributed by atoms with Gasteiger partial charge in [-0.25, -0.2) is 12.8 Å². The van der Waals surface area contributed by atoms with Crippen molar-refractivity contribution in [2.24, 2.45) is 0 Å². The van der Waals surface area contributed by atoms with E-state index in [0.717, 1.165) is 24.5 Å². The first kappa shape index (κ1) is 24.1. The van der Waals surface area contributed by atoms with Gasteiger partial charge in [0, 0.05) is 17.7 Å². The summed E-state index contributed by atoms with van der Waals surface area (Å²) >= 11 is 0. The van der Waals surface area contributed by atoms with E-state index in [0.29, 0.717) is 5.56 Å². The molecule has 3 aromatic rings. The number of furan rings is 1. The van der Waals surface area contributed by atoms with Crippen LogP contribution in [0.25, 0.3) is 17.4 Å². The van der Waals surface area contributed by atoms with Gasteiger partial charge >= 0.3 is 6.18 Å². The van der Waals surface area contributed by atoms with E-state index in [4.69, 9.17) is 4.42 Å². The number of sulfonamides is 1. The summed E-state index contributed by atoms with van der Waals surface area (Å²) in [7, 11) is -3.72. The molecule has 0 aliphatic carbocycles. The second-order valence-electron chi connectivity index (χ2n) is 7.05. The van der Waals surface area contributed by atoms with Crippen LogP contribution < -0.4 is 10.0 Å². The number of carbonyl (C=O) groups is 1. The molecule has 0 atom stereocenters. The molecule has 0 saturated heterocycles. The number of carbonyl (C=O) groups excluding carboxylic acids is 1. The lowest BCUT2D eigenvalue weighted by molar-refractivity contribution is -0.137. The third-order valence-electron chi connectivity index (χ3n) is 4.45. The lowest BCUT2D eigenvalue weighted by Crippen LogP contribution is -2.22. The summed E-state index contributed by atoms with van der Waals surface area (Å²) in [6.45, 7) is 3.40. The molecule has 11 heteroatoms. The van der Waals surface area contributed by atoms with Crippen LogP contribution in [0.1, 0.15) is 27.2 Å². The van der Waals surface area contributed by atoms with E-state index in [1.54, 1.807) is 0 Å². The predicted molar refractivity (Wildman–Crippen MR) is 115 cm³/mol. The number of anilines is 1. The molecule has 2 N–H and O–H groups in total. The molecule has 0 saturated carbocycles. The van der Waals surface area contributed by atoms with Crippen LogP contribution in [0.4, 0.5) is 23.2 Å². The average molecular weight is 482 g/mol. The number of rotatable bonds is 7. The molecule has 0 aliphatic heterocycles. The fourth-order valence-corrected chi connectivity index (χ4v) is 3.56. The lowest BCUT2D eigenvalue weighted by atomic mass is 10.1. The summed E-state index contributed by atoms with van der Waals surface area (Å²) in [5.41, 5.74) is -0.472. The van der Waals surface area contributed by atoms with E-state index in [2.05, 4.69) is 16.6 Å². The number of hydrogen-bond donors (Lipinski definition) is 2. The lowest BCUT2D eigenvalue weighted by Gasteiger charge is -2.12. The number of halogens is 4. The van der Waals surface area contributed by atoms with Crippen molar-refractivity contribution in [3.8, 4) is 11.3 Å². The van der Waals surface area contributed by atoms with Gasteiger partial charge < -0.3 is 9.73 Å². The van der Waals surface area contributed by atoms with Crippen molar-refractivity contribution in [1.29, 1.82) is 0 Å². The van der Waals surface area contributed by atoms with Crippen LogP contribution in [0, 0.1) is 5.82 Å². The number of benzene rings is 2. The van der Waals surface area contributed by atoms with Crippen LogP contribution in [0.2, 0.25) is 0 Å². The van der Waals surface area contributed by atoms with Gasteiger partial charge in [0.1, 0.15) is 11.6 Å². The standard InChI is InChI=1S/C22H18F4N2O4S/c1-3-14-9-13(10-17(23)20(14)28-33(2,30)31)12-27-21(29)19-8-7-18(32-19)15-5-4-6-16(11-15)22(24,25)26/h3-11,28H,1,12H2,2H3,(H,27,29). The van der Waals surface area contributed by atoms with Gasteiger partial charge in [-0.15, -0.1) is 0 Å². The third kappa shape index (κ3) is 6.01. The number of hydrogen-bond acceptors (Lipinski definition) is 4. The molecule has 0 aliphatic rings. The molecule has 1 aromatic heterocycles. The monoisotopic (exact) mass is 482 g/mol. The summed E-state index contributed by atoms with van der Waals surface area (Å²) in [5, 5.41) is 2.51. The molecular formula is C22H18F4N2O4S. The first-order chi connectivity index (χ1) is 15.4. The molecule has 1 heterocycles. The van der Waals surface area contributed by atoms with E-state index in [1.807, 2.05) is 0 Å². The quantitative estimate of drug-likeness (QED) is 0.462. The fourth-order valence-electron chi connectivity index (χ4n) is 2.98. The highest BCUT2D eigenvalue weighted by Gasteiger charge is 2.30. The predicted octanol–water partition coefficient (Wildman–Crippen LogP) is 5.05. The highest BCUT2D eigenvalue weighted by Crippen LogP contribution is 2.32. The van der Waals surface area contributed by atoms with E-state index >= 15 is 0 Å². The van der Waals surface area contributed by atoms with Crippen LogP contribution in [0.15, 0.2) is 59.5 Å². The third-order valence-corrected chi connectivity index (χ3v) is 5.02. The molecule has 6 nitrogen and oxygen atoms in total. The Morgan fingerprint density at radius 2 is 1.88 bits per heavy atom. The van der Waals surface area contributed by atoms with Gasteiger partial charge in [0.2, 0.25) is 10.0 Å². The Morgan fingerprint density at radius 1 is 1.15 bits per heavy atom. The Bertz CT molecular complexity index is 1310. The van der Waals surface area contributed by atoms with Crippen molar-refractivity contribution in [2.75, 3.05) is 11.0 Å². The van der Waals surface area contributed by atoms with Crippen molar-refractivity contribution in [3.05, 3.63) is 83.4 Å². The van der Waals surface area contributed by atoms with E-state index in [1.165, 1.54) is 36.4 Å². The molecule has 174 valence electrons.